The number of rotatable bonds is 3. The van der Waals surface area contributed by atoms with Gasteiger partial charge in [0, 0.05) is 40.3 Å². The van der Waals surface area contributed by atoms with Crippen LogP contribution in [-0.4, -0.2) is 7.05 Å². The van der Waals surface area contributed by atoms with Gasteiger partial charge >= 0.3 is 0 Å². The average molecular weight is 373 g/mol. The monoisotopic (exact) mass is 373 g/mol. The molecule has 0 saturated heterocycles. The summed E-state index contributed by atoms with van der Waals surface area (Å²) in [6, 6.07) is 28.1. The van der Waals surface area contributed by atoms with Crippen molar-refractivity contribution in [2.24, 2.45) is 0 Å². The molecule has 0 atom stereocenters. The highest BCUT2D eigenvalue weighted by Gasteiger charge is 2.40. The van der Waals surface area contributed by atoms with E-state index in [1.54, 1.807) is 0 Å². The summed E-state index contributed by atoms with van der Waals surface area (Å²) in [4.78, 5) is 2.19. The minimum Gasteiger partial charge on any atom is -0.347 e. The van der Waals surface area contributed by atoms with E-state index in [0.29, 0.717) is 0 Å². The number of para-hydroxylation sites is 1. The van der Waals surface area contributed by atoms with Crippen molar-refractivity contribution in [3.63, 3.8) is 0 Å². The molecular formula is C24H24NOP. The zero-order chi connectivity index (χ0) is 19.1. The normalized spacial score (nSPS) is 17.1. The number of anilines is 1. The highest BCUT2D eigenvalue weighted by Crippen LogP contribution is 2.53. The molecule has 0 unspecified atom stereocenters. The van der Waals surface area contributed by atoms with Crippen molar-refractivity contribution in [1.82, 2.24) is 0 Å². The summed E-state index contributed by atoms with van der Waals surface area (Å²) in [6.45, 7) is 4.42. The number of hydrogen-bond donors (Lipinski definition) is 0. The first-order valence-corrected chi connectivity index (χ1v) is 11.0. The van der Waals surface area contributed by atoms with Crippen LogP contribution in [0.4, 0.5) is 5.69 Å². The predicted molar refractivity (Wildman–Crippen MR) is 116 cm³/mol. The number of hydrogen-bond acceptors (Lipinski definition) is 2. The van der Waals surface area contributed by atoms with Gasteiger partial charge < -0.3 is 9.46 Å². The van der Waals surface area contributed by atoms with Crippen molar-refractivity contribution in [1.29, 1.82) is 0 Å². The van der Waals surface area contributed by atoms with E-state index in [2.05, 4.69) is 50.1 Å². The number of nitrogens with zero attached hydrogens (tertiary/aromatic N) is 1. The lowest BCUT2D eigenvalue weighted by Crippen LogP contribution is -2.25. The van der Waals surface area contributed by atoms with Crippen LogP contribution in [0.3, 0.4) is 0 Å². The van der Waals surface area contributed by atoms with E-state index in [1.807, 2.05) is 66.5 Å². The van der Waals surface area contributed by atoms with Gasteiger partial charge in [-0.3, -0.25) is 0 Å². The van der Waals surface area contributed by atoms with Crippen LogP contribution in [0.1, 0.15) is 19.4 Å². The fourth-order valence-electron chi connectivity index (χ4n) is 4.00. The van der Waals surface area contributed by atoms with Gasteiger partial charge in [0.1, 0.15) is 0 Å². The van der Waals surface area contributed by atoms with E-state index in [0.717, 1.165) is 16.3 Å². The van der Waals surface area contributed by atoms with Crippen LogP contribution in [0.2, 0.25) is 0 Å². The molecule has 4 rings (SSSR count). The van der Waals surface area contributed by atoms with Crippen LogP contribution in [0.15, 0.2) is 96.4 Å². The summed E-state index contributed by atoms with van der Waals surface area (Å²) in [5, 5.41) is 1.73. The molecule has 3 aromatic rings. The van der Waals surface area contributed by atoms with Gasteiger partial charge in [-0.05, 0) is 11.6 Å². The fraction of sp³-hybridized carbons (Fsp3) is 0.167. The standard InChI is InChI=1S/C24H24NOP/c1-24(2)21-16-10-11-17-22(21)25(3)23(24)18-27(26,19-12-6-4-7-13-19)20-14-8-5-9-15-20/h4-18H,1-3H3/b23-18-. The Bertz CT molecular complexity index is 995. The van der Waals surface area contributed by atoms with Crippen molar-refractivity contribution in [2.45, 2.75) is 19.3 Å². The predicted octanol–water partition coefficient (Wildman–Crippen LogP) is 5.27. The first kappa shape index (κ1) is 17.8. The number of fused-ring (bicyclic) bond motifs is 1. The number of likely N-dealkylation sites (N-methyl/N-ethyl adjacent to an activating group) is 1. The quantitative estimate of drug-likeness (QED) is 0.583. The molecule has 2 nitrogen and oxygen atoms in total. The molecule has 0 fully saturated rings. The van der Waals surface area contributed by atoms with Crippen LogP contribution >= 0.6 is 7.14 Å². The van der Waals surface area contributed by atoms with Crippen LogP contribution in [0.25, 0.3) is 0 Å². The Morgan fingerprint density at radius 2 is 1.26 bits per heavy atom. The topological polar surface area (TPSA) is 20.3 Å². The van der Waals surface area contributed by atoms with Crippen molar-refractivity contribution >= 4 is 23.4 Å². The summed E-state index contributed by atoms with van der Waals surface area (Å²) < 4.78 is 14.5. The van der Waals surface area contributed by atoms with E-state index in [4.69, 9.17) is 0 Å². The molecule has 3 aromatic carbocycles. The van der Waals surface area contributed by atoms with Gasteiger partial charge in [0.15, 0.2) is 7.14 Å². The Hall–Kier alpha value is -2.57. The lowest BCUT2D eigenvalue weighted by atomic mass is 9.84. The Labute approximate surface area is 161 Å². The smallest absolute Gasteiger partial charge is 0.165 e. The highest BCUT2D eigenvalue weighted by atomic mass is 31.2. The van der Waals surface area contributed by atoms with Gasteiger partial charge in [-0.1, -0.05) is 92.7 Å². The molecule has 27 heavy (non-hydrogen) atoms. The molecule has 0 aromatic heterocycles. The molecule has 0 bridgehead atoms. The molecule has 0 amide bonds. The summed E-state index contributed by atoms with van der Waals surface area (Å²) in [5.74, 6) is 2.03. The molecule has 0 saturated carbocycles. The molecule has 0 aliphatic carbocycles. The molecule has 0 spiro atoms. The fourth-order valence-corrected chi connectivity index (χ4v) is 6.67. The largest absolute Gasteiger partial charge is 0.347 e. The molecule has 1 aliphatic heterocycles. The first-order valence-electron chi connectivity index (χ1n) is 9.22. The lowest BCUT2D eigenvalue weighted by molar-refractivity contribution is 0.590. The average Bonchev–Trinajstić information content (AvgIpc) is 2.90. The Balaban J connectivity index is 1.95. The molecular weight excluding hydrogens is 349 g/mol. The second kappa shape index (κ2) is 6.55. The highest BCUT2D eigenvalue weighted by molar-refractivity contribution is 7.81. The molecule has 0 N–H and O–H groups in total. The Morgan fingerprint density at radius 1 is 0.778 bits per heavy atom. The number of allylic oxidation sites excluding steroid dienone is 1. The van der Waals surface area contributed by atoms with E-state index in [-0.39, 0.29) is 5.41 Å². The van der Waals surface area contributed by atoms with Gasteiger partial charge in [0.2, 0.25) is 0 Å². The second-order valence-electron chi connectivity index (χ2n) is 7.54. The second-order valence-corrected chi connectivity index (χ2v) is 10.2. The SMILES string of the molecule is CN1/C(=C\P(=O)(c2ccccc2)c2ccccc2)C(C)(C)c2ccccc21. The van der Waals surface area contributed by atoms with Gasteiger partial charge in [-0.2, -0.15) is 0 Å². The van der Waals surface area contributed by atoms with Gasteiger partial charge in [0.25, 0.3) is 0 Å². The van der Waals surface area contributed by atoms with Crippen LogP contribution in [0.5, 0.6) is 0 Å². The Kier molecular flexibility index (Phi) is 4.32. The molecule has 3 heteroatoms. The Morgan fingerprint density at radius 3 is 1.78 bits per heavy atom. The van der Waals surface area contributed by atoms with Crippen molar-refractivity contribution in [3.8, 4) is 0 Å². The van der Waals surface area contributed by atoms with E-state index < -0.39 is 7.14 Å². The minimum atomic E-state index is -2.92. The van der Waals surface area contributed by atoms with E-state index >= 15 is 0 Å². The van der Waals surface area contributed by atoms with Crippen LogP contribution in [-0.2, 0) is 9.98 Å². The van der Waals surface area contributed by atoms with Crippen LogP contribution < -0.4 is 15.5 Å². The molecule has 0 radical (unpaired) electrons. The molecule has 1 aliphatic rings. The maximum Gasteiger partial charge on any atom is 0.165 e. The summed E-state index contributed by atoms with van der Waals surface area (Å²) in [6.07, 6.45) is 0. The molecule has 136 valence electrons. The van der Waals surface area contributed by atoms with Crippen molar-refractivity contribution < 1.29 is 4.57 Å². The third kappa shape index (κ3) is 2.85. The maximum absolute atomic E-state index is 14.5. The van der Waals surface area contributed by atoms with Crippen molar-refractivity contribution in [2.75, 3.05) is 11.9 Å². The minimum absolute atomic E-state index is 0.204. The summed E-state index contributed by atoms with van der Waals surface area (Å²) in [7, 11) is -0.854. The van der Waals surface area contributed by atoms with Gasteiger partial charge in [-0.15, -0.1) is 0 Å². The number of benzene rings is 3. The third-order valence-electron chi connectivity index (χ3n) is 5.52. The lowest BCUT2D eigenvalue weighted by Gasteiger charge is -2.27. The summed E-state index contributed by atoms with van der Waals surface area (Å²) >= 11 is 0. The van der Waals surface area contributed by atoms with E-state index in [1.165, 1.54) is 11.3 Å². The van der Waals surface area contributed by atoms with Crippen LogP contribution in [0, 0.1) is 0 Å². The zero-order valence-corrected chi connectivity index (χ0v) is 16.9. The zero-order valence-electron chi connectivity index (χ0n) is 16.0. The first-order chi connectivity index (χ1) is 12.9. The van der Waals surface area contributed by atoms with Gasteiger partial charge in [-0.25, -0.2) is 0 Å². The van der Waals surface area contributed by atoms with Crippen molar-refractivity contribution in [3.05, 3.63) is 102 Å². The summed E-state index contributed by atoms with van der Waals surface area (Å²) in [5.41, 5.74) is 3.33. The third-order valence-corrected chi connectivity index (χ3v) is 8.26. The van der Waals surface area contributed by atoms with E-state index in [9.17, 15) is 4.57 Å². The molecule has 1 heterocycles. The maximum atomic E-state index is 14.5. The van der Waals surface area contributed by atoms with Gasteiger partial charge in [0.05, 0.1) is 0 Å².